The van der Waals surface area contributed by atoms with Crippen molar-refractivity contribution in [1.82, 2.24) is 4.98 Å². The third-order valence-electron chi connectivity index (χ3n) is 4.85. The minimum atomic E-state index is -0.367. The molecule has 1 aromatic heterocycles. The summed E-state index contributed by atoms with van der Waals surface area (Å²) in [5.41, 5.74) is 2.88. The van der Waals surface area contributed by atoms with Gasteiger partial charge < -0.3 is 4.90 Å². The van der Waals surface area contributed by atoms with Crippen molar-refractivity contribution in [3.8, 4) is 17.9 Å². The Balaban J connectivity index is 1.56. The zero-order valence-electron chi connectivity index (χ0n) is 13.4. The molecule has 2 aliphatic rings. The molecule has 1 aromatic carbocycles. The van der Waals surface area contributed by atoms with Crippen molar-refractivity contribution in [2.45, 2.75) is 13.3 Å². The summed E-state index contributed by atoms with van der Waals surface area (Å²) in [6, 6.07) is 12.4. The molecule has 24 heavy (non-hydrogen) atoms. The lowest BCUT2D eigenvalue weighted by Crippen LogP contribution is -2.24. The molecular weight excluding hydrogens is 301 g/mol. The van der Waals surface area contributed by atoms with Crippen LogP contribution in [0.5, 0.6) is 0 Å². The molecule has 1 aliphatic heterocycles. The van der Waals surface area contributed by atoms with E-state index in [-0.39, 0.29) is 11.2 Å². The van der Waals surface area contributed by atoms with E-state index in [1.165, 1.54) is 12.1 Å². The van der Waals surface area contributed by atoms with Gasteiger partial charge in [-0.25, -0.2) is 9.37 Å². The summed E-state index contributed by atoms with van der Waals surface area (Å²) in [5.74, 6) is 6.76. The van der Waals surface area contributed by atoms with Gasteiger partial charge in [0.2, 0.25) is 0 Å². The van der Waals surface area contributed by atoms with Gasteiger partial charge in [-0.05, 0) is 55.5 Å². The van der Waals surface area contributed by atoms with Crippen molar-refractivity contribution in [2.75, 3.05) is 18.0 Å². The second kappa shape index (κ2) is 5.35. The minimum Gasteiger partial charge on any atom is -0.370 e. The fourth-order valence-corrected chi connectivity index (χ4v) is 3.50. The SMILES string of the molecule is Cc1cccc(C#CC23CC2CN(c2cc(F)cc(C#N)c2)C3)n1. The lowest BCUT2D eigenvalue weighted by molar-refractivity contribution is 0.625. The van der Waals surface area contributed by atoms with Crippen molar-refractivity contribution in [3.05, 3.63) is 59.2 Å². The Morgan fingerprint density at radius 3 is 3.00 bits per heavy atom. The largest absolute Gasteiger partial charge is 0.370 e. The number of fused-ring (bicyclic) bond motifs is 1. The van der Waals surface area contributed by atoms with Crippen LogP contribution in [0.25, 0.3) is 0 Å². The van der Waals surface area contributed by atoms with Gasteiger partial charge in [-0.2, -0.15) is 5.26 Å². The van der Waals surface area contributed by atoms with Crippen LogP contribution in [-0.2, 0) is 0 Å². The summed E-state index contributed by atoms with van der Waals surface area (Å²) < 4.78 is 13.7. The number of pyridine rings is 1. The topological polar surface area (TPSA) is 39.9 Å². The summed E-state index contributed by atoms with van der Waals surface area (Å²) in [4.78, 5) is 6.56. The monoisotopic (exact) mass is 317 g/mol. The molecule has 0 N–H and O–H groups in total. The molecule has 2 fully saturated rings. The predicted octanol–water partition coefficient (Wildman–Crippen LogP) is 3.28. The van der Waals surface area contributed by atoms with Gasteiger partial charge in [-0.15, -0.1) is 0 Å². The van der Waals surface area contributed by atoms with Gasteiger partial charge in [-0.1, -0.05) is 12.0 Å². The highest BCUT2D eigenvalue weighted by Crippen LogP contribution is 2.58. The van der Waals surface area contributed by atoms with Crippen LogP contribution < -0.4 is 4.90 Å². The average molecular weight is 317 g/mol. The zero-order valence-corrected chi connectivity index (χ0v) is 13.4. The molecule has 1 aliphatic carbocycles. The van der Waals surface area contributed by atoms with E-state index in [0.717, 1.165) is 36.6 Å². The third kappa shape index (κ3) is 2.61. The smallest absolute Gasteiger partial charge is 0.126 e. The molecule has 2 aromatic rings. The van der Waals surface area contributed by atoms with Gasteiger partial charge in [0.15, 0.2) is 0 Å². The standard InChI is InChI=1S/C20H16FN3/c1-14-3-2-4-18(23-14)5-6-20-10-16(20)12-24(13-20)19-8-15(11-22)7-17(21)9-19/h2-4,7-9,16H,10,12-13H2,1H3. The van der Waals surface area contributed by atoms with Crippen LogP contribution in [0.15, 0.2) is 36.4 Å². The van der Waals surface area contributed by atoms with Crippen molar-refractivity contribution >= 4 is 5.69 Å². The van der Waals surface area contributed by atoms with Crippen molar-refractivity contribution < 1.29 is 4.39 Å². The molecule has 1 saturated heterocycles. The van der Waals surface area contributed by atoms with Crippen LogP contribution in [0.4, 0.5) is 10.1 Å². The maximum absolute atomic E-state index is 13.7. The van der Waals surface area contributed by atoms with Gasteiger partial charge in [0.1, 0.15) is 11.5 Å². The van der Waals surface area contributed by atoms with Crippen molar-refractivity contribution in [3.63, 3.8) is 0 Å². The number of hydrogen-bond donors (Lipinski definition) is 0. The third-order valence-corrected chi connectivity index (χ3v) is 4.85. The van der Waals surface area contributed by atoms with E-state index in [1.807, 2.05) is 31.2 Å². The Morgan fingerprint density at radius 1 is 1.33 bits per heavy atom. The molecular formula is C20H16FN3. The van der Waals surface area contributed by atoms with E-state index in [2.05, 4.69) is 21.7 Å². The number of aryl methyl sites for hydroxylation is 1. The number of halogens is 1. The van der Waals surface area contributed by atoms with Crippen LogP contribution >= 0.6 is 0 Å². The first-order chi connectivity index (χ1) is 11.6. The molecule has 0 bridgehead atoms. The van der Waals surface area contributed by atoms with Gasteiger partial charge >= 0.3 is 0 Å². The molecule has 2 atom stereocenters. The first-order valence-corrected chi connectivity index (χ1v) is 8.00. The van der Waals surface area contributed by atoms with E-state index in [1.54, 1.807) is 6.07 Å². The quantitative estimate of drug-likeness (QED) is 0.758. The van der Waals surface area contributed by atoms with Crippen LogP contribution in [0.1, 0.15) is 23.4 Å². The summed E-state index contributed by atoms with van der Waals surface area (Å²) in [6.45, 7) is 3.60. The first-order valence-electron chi connectivity index (χ1n) is 8.00. The predicted molar refractivity (Wildman–Crippen MR) is 89.7 cm³/mol. The van der Waals surface area contributed by atoms with Crippen molar-refractivity contribution in [1.29, 1.82) is 5.26 Å². The maximum atomic E-state index is 13.7. The molecule has 2 heterocycles. The van der Waals surface area contributed by atoms with Gasteiger partial charge in [0.05, 0.1) is 17.0 Å². The Morgan fingerprint density at radius 2 is 2.21 bits per heavy atom. The number of piperidine rings is 1. The molecule has 0 amide bonds. The molecule has 2 unspecified atom stereocenters. The van der Waals surface area contributed by atoms with Crippen LogP contribution in [0.3, 0.4) is 0 Å². The number of aromatic nitrogens is 1. The molecule has 3 nitrogen and oxygen atoms in total. The normalized spacial score (nSPS) is 23.9. The first kappa shape index (κ1) is 14.7. The molecule has 0 radical (unpaired) electrons. The lowest BCUT2D eigenvalue weighted by Gasteiger charge is -2.21. The maximum Gasteiger partial charge on any atom is 0.126 e. The van der Waals surface area contributed by atoms with Gasteiger partial charge in [0, 0.05) is 24.5 Å². The number of rotatable bonds is 1. The number of nitrogens with zero attached hydrogens (tertiary/aromatic N) is 3. The molecule has 118 valence electrons. The van der Waals surface area contributed by atoms with Crippen molar-refractivity contribution in [2.24, 2.45) is 11.3 Å². The summed E-state index contributed by atoms with van der Waals surface area (Å²) in [7, 11) is 0. The summed E-state index contributed by atoms with van der Waals surface area (Å²) in [6.07, 6.45) is 1.09. The van der Waals surface area contributed by atoms with Crippen LogP contribution in [0, 0.1) is 47.2 Å². The van der Waals surface area contributed by atoms with Gasteiger partial charge in [-0.3, -0.25) is 0 Å². The zero-order chi connectivity index (χ0) is 16.7. The highest BCUT2D eigenvalue weighted by molar-refractivity contribution is 5.55. The molecule has 4 heteroatoms. The second-order valence-electron chi connectivity index (χ2n) is 6.66. The van der Waals surface area contributed by atoms with E-state index >= 15 is 0 Å². The van der Waals surface area contributed by atoms with E-state index < -0.39 is 0 Å². The molecule has 4 rings (SSSR count). The Labute approximate surface area is 140 Å². The number of anilines is 1. The number of nitriles is 1. The Hall–Kier alpha value is -2.85. The number of benzene rings is 1. The number of hydrogen-bond acceptors (Lipinski definition) is 3. The molecule has 1 saturated carbocycles. The summed E-state index contributed by atoms with van der Waals surface area (Å²) in [5, 5.41) is 9.01. The van der Waals surface area contributed by atoms with Gasteiger partial charge in [0.25, 0.3) is 0 Å². The average Bonchev–Trinajstić information content (AvgIpc) is 3.13. The van der Waals surface area contributed by atoms with E-state index in [9.17, 15) is 4.39 Å². The highest BCUT2D eigenvalue weighted by atomic mass is 19.1. The minimum absolute atomic E-state index is 0.00937. The molecule has 0 spiro atoms. The second-order valence-corrected chi connectivity index (χ2v) is 6.66. The Kier molecular flexibility index (Phi) is 3.28. The highest BCUT2D eigenvalue weighted by Gasteiger charge is 2.59. The summed E-state index contributed by atoms with van der Waals surface area (Å²) >= 11 is 0. The lowest BCUT2D eigenvalue weighted by atomic mass is 10.1. The fraction of sp³-hybridized carbons (Fsp3) is 0.300. The fourth-order valence-electron chi connectivity index (χ4n) is 3.50. The van der Waals surface area contributed by atoms with E-state index in [0.29, 0.717) is 11.5 Å². The van der Waals surface area contributed by atoms with Crippen LogP contribution in [0.2, 0.25) is 0 Å². The van der Waals surface area contributed by atoms with Crippen LogP contribution in [-0.4, -0.2) is 18.1 Å². The van der Waals surface area contributed by atoms with E-state index in [4.69, 9.17) is 5.26 Å². The Bertz CT molecular complexity index is 918.